The smallest absolute Gasteiger partial charge is 0.410 e. The highest BCUT2D eigenvalue weighted by Gasteiger charge is 2.46. The third-order valence-corrected chi connectivity index (χ3v) is 8.84. The van der Waals surface area contributed by atoms with Gasteiger partial charge in [-0.3, -0.25) is 24.1 Å². The Morgan fingerprint density at radius 1 is 0.796 bits per heavy atom. The van der Waals surface area contributed by atoms with Crippen LogP contribution in [0.3, 0.4) is 0 Å². The number of rotatable bonds is 15. The first-order valence-electron chi connectivity index (χ1n) is 18.4. The molecule has 4 atom stereocenters. The normalized spacial score (nSPS) is 14.9. The molecule has 0 saturated carbocycles. The van der Waals surface area contributed by atoms with Gasteiger partial charge in [0.2, 0.25) is 17.7 Å². The summed E-state index contributed by atoms with van der Waals surface area (Å²) in [5.74, 6) is -3.75. The highest BCUT2D eigenvalue weighted by atomic mass is 16.6. The average molecular weight is 759 g/mol. The number of hydrogen-bond donors (Lipinski definition) is 3. The molecule has 0 aromatic heterocycles. The van der Waals surface area contributed by atoms with Crippen molar-refractivity contribution in [2.24, 2.45) is 11.3 Å². The van der Waals surface area contributed by atoms with Crippen LogP contribution in [0, 0.1) is 11.3 Å². The predicted octanol–water partition coefficient (Wildman–Crippen LogP) is 5.85. The molecule has 0 heterocycles. The number of ether oxygens (including phenoxy) is 2. The van der Waals surface area contributed by atoms with Gasteiger partial charge in [0.1, 0.15) is 29.3 Å². The molecule has 0 radical (unpaired) electrons. The lowest BCUT2D eigenvalue weighted by Gasteiger charge is -2.42. The number of benzene rings is 1. The highest BCUT2D eigenvalue weighted by molar-refractivity contribution is 5.96. The monoisotopic (exact) mass is 758 g/mol. The van der Waals surface area contributed by atoms with E-state index < -0.39 is 82.0 Å². The van der Waals surface area contributed by atoms with Gasteiger partial charge in [0, 0.05) is 31.5 Å². The zero-order chi connectivity index (χ0) is 42.1. The standard InChI is InChI=1S/C41H66N4O9/c1-25(2)29(24-26(3)33(47)42-28(36(50)51)22-23-30(46)53-39(7,8)9)44(15)35(49)31(38(4,5)6)43-34(48)32(45(16)37(52)54-40(10,11)12)41(13,14)27-20-18-17-19-21-27/h17-21,24-25,28-29,31-32H,22-23H2,1-16H3,(H,42,47)(H,43,48)(H,50,51)/b26-24+/t28-,29+,31?,32+/m0/s1. The fraction of sp³-hybridized carbons (Fsp3) is 0.659. The van der Waals surface area contributed by atoms with E-state index in [4.69, 9.17) is 9.47 Å². The molecule has 3 N–H and O–H groups in total. The average Bonchev–Trinajstić information content (AvgIpc) is 3.01. The Morgan fingerprint density at radius 2 is 1.31 bits per heavy atom. The lowest BCUT2D eigenvalue weighted by molar-refractivity contribution is -0.155. The summed E-state index contributed by atoms with van der Waals surface area (Å²) in [5.41, 5.74) is -2.32. The zero-order valence-electron chi connectivity index (χ0n) is 35.4. The minimum Gasteiger partial charge on any atom is -0.480 e. The van der Waals surface area contributed by atoms with Gasteiger partial charge in [-0.05, 0) is 71.8 Å². The molecular weight excluding hydrogens is 692 g/mol. The van der Waals surface area contributed by atoms with Crippen molar-refractivity contribution in [2.45, 2.75) is 151 Å². The van der Waals surface area contributed by atoms with Crippen molar-refractivity contribution in [3.63, 3.8) is 0 Å². The fourth-order valence-corrected chi connectivity index (χ4v) is 5.94. The lowest BCUT2D eigenvalue weighted by atomic mass is 9.76. The molecule has 304 valence electrons. The number of carbonyl (C=O) groups is 6. The van der Waals surface area contributed by atoms with Gasteiger partial charge in [0.25, 0.3) is 0 Å². The number of carboxylic acid groups (broad SMARTS) is 1. The van der Waals surface area contributed by atoms with Crippen molar-refractivity contribution in [1.29, 1.82) is 0 Å². The van der Waals surface area contributed by atoms with Crippen molar-refractivity contribution in [2.75, 3.05) is 14.1 Å². The number of aliphatic carboxylic acids is 1. The van der Waals surface area contributed by atoms with E-state index in [1.165, 1.54) is 23.8 Å². The molecule has 1 aromatic rings. The maximum atomic E-state index is 14.5. The molecular formula is C41H66N4O9. The molecule has 54 heavy (non-hydrogen) atoms. The molecule has 0 aliphatic rings. The van der Waals surface area contributed by atoms with Gasteiger partial charge in [0.05, 0.1) is 6.04 Å². The Balaban J connectivity index is 3.47. The van der Waals surface area contributed by atoms with Crippen molar-refractivity contribution in [1.82, 2.24) is 20.4 Å². The summed E-state index contributed by atoms with van der Waals surface area (Å²) in [6.07, 6.45) is 0.508. The minimum absolute atomic E-state index is 0.164. The van der Waals surface area contributed by atoms with Crippen LogP contribution < -0.4 is 10.6 Å². The van der Waals surface area contributed by atoms with E-state index in [1.807, 2.05) is 78.8 Å². The van der Waals surface area contributed by atoms with Crippen LogP contribution in [0.25, 0.3) is 0 Å². The second-order valence-electron chi connectivity index (χ2n) is 17.9. The van der Waals surface area contributed by atoms with Crippen LogP contribution in [0.15, 0.2) is 42.0 Å². The Labute approximate surface area is 322 Å². The number of hydrogen-bond acceptors (Lipinski definition) is 8. The SMILES string of the molecule is C/C(=C\[C@H](C(C)C)N(C)C(=O)C(NC(=O)[C@@H](N(C)C(=O)OC(C)(C)C)C(C)(C)c1ccccc1)C(C)(C)C)C(=O)N[C@@H](CCC(=O)OC(C)(C)C)C(=O)O. The molecule has 0 fully saturated rings. The molecule has 0 bridgehead atoms. The van der Waals surface area contributed by atoms with Gasteiger partial charge < -0.3 is 30.1 Å². The van der Waals surface area contributed by atoms with E-state index >= 15 is 0 Å². The molecule has 0 spiro atoms. The summed E-state index contributed by atoms with van der Waals surface area (Å²) < 4.78 is 10.9. The summed E-state index contributed by atoms with van der Waals surface area (Å²) in [4.78, 5) is 82.5. The Morgan fingerprint density at radius 3 is 1.76 bits per heavy atom. The quantitative estimate of drug-likeness (QED) is 0.147. The minimum atomic E-state index is -1.35. The molecule has 0 aliphatic carbocycles. The number of esters is 1. The van der Waals surface area contributed by atoms with Crippen LogP contribution in [0.5, 0.6) is 0 Å². The summed E-state index contributed by atoms with van der Waals surface area (Å²) in [5, 5.41) is 15.2. The molecule has 1 aromatic carbocycles. The van der Waals surface area contributed by atoms with E-state index in [-0.39, 0.29) is 24.3 Å². The van der Waals surface area contributed by atoms with Crippen molar-refractivity contribution < 1.29 is 43.3 Å². The third kappa shape index (κ3) is 14.4. The summed E-state index contributed by atoms with van der Waals surface area (Å²) in [6.45, 7) is 24.8. The topological polar surface area (TPSA) is 172 Å². The highest BCUT2D eigenvalue weighted by Crippen LogP contribution is 2.32. The predicted molar refractivity (Wildman–Crippen MR) is 208 cm³/mol. The largest absolute Gasteiger partial charge is 0.480 e. The maximum absolute atomic E-state index is 14.5. The number of nitrogens with one attached hydrogen (secondary N) is 2. The van der Waals surface area contributed by atoms with Crippen LogP contribution in [0.2, 0.25) is 0 Å². The van der Waals surface area contributed by atoms with Gasteiger partial charge in [-0.1, -0.05) is 84.9 Å². The molecule has 1 unspecified atom stereocenters. The number of carboxylic acids is 1. The van der Waals surface area contributed by atoms with E-state index in [0.717, 1.165) is 5.56 Å². The Hall–Kier alpha value is -4.42. The van der Waals surface area contributed by atoms with Crippen LogP contribution >= 0.6 is 0 Å². The summed E-state index contributed by atoms with van der Waals surface area (Å²) >= 11 is 0. The first-order chi connectivity index (χ1) is 24.4. The van der Waals surface area contributed by atoms with Crippen LogP contribution in [0.4, 0.5) is 4.79 Å². The fourth-order valence-electron chi connectivity index (χ4n) is 5.94. The van der Waals surface area contributed by atoms with E-state index in [2.05, 4.69) is 10.6 Å². The molecule has 0 aliphatic heterocycles. The van der Waals surface area contributed by atoms with Crippen LogP contribution in [0.1, 0.15) is 115 Å². The summed E-state index contributed by atoms with van der Waals surface area (Å²) in [6, 6.07) is 5.16. The molecule has 1 rings (SSSR count). The zero-order valence-corrected chi connectivity index (χ0v) is 35.4. The maximum Gasteiger partial charge on any atom is 0.410 e. The first kappa shape index (κ1) is 47.6. The van der Waals surface area contributed by atoms with E-state index in [1.54, 1.807) is 54.7 Å². The van der Waals surface area contributed by atoms with Crippen molar-refractivity contribution in [3.05, 3.63) is 47.5 Å². The molecule has 13 nitrogen and oxygen atoms in total. The lowest BCUT2D eigenvalue weighted by Crippen LogP contribution is -2.63. The van der Waals surface area contributed by atoms with Gasteiger partial charge >= 0.3 is 18.0 Å². The third-order valence-electron chi connectivity index (χ3n) is 8.84. The Bertz CT molecular complexity index is 1520. The van der Waals surface area contributed by atoms with E-state index in [0.29, 0.717) is 0 Å². The van der Waals surface area contributed by atoms with Crippen LogP contribution in [-0.2, 0) is 38.9 Å². The number of carbonyl (C=O) groups excluding carboxylic acids is 5. The number of likely N-dealkylation sites (N-methyl/N-ethyl adjacent to an activating group) is 2. The van der Waals surface area contributed by atoms with Gasteiger partial charge in [-0.25, -0.2) is 9.59 Å². The second-order valence-corrected chi connectivity index (χ2v) is 17.9. The van der Waals surface area contributed by atoms with Gasteiger partial charge in [-0.15, -0.1) is 0 Å². The van der Waals surface area contributed by atoms with E-state index in [9.17, 15) is 33.9 Å². The van der Waals surface area contributed by atoms with Gasteiger partial charge in [-0.2, -0.15) is 0 Å². The number of nitrogens with zero attached hydrogens (tertiary/aromatic N) is 2. The molecule has 13 heteroatoms. The van der Waals surface area contributed by atoms with Crippen molar-refractivity contribution in [3.8, 4) is 0 Å². The first-order valence-corrected chi connectivity index (χ1v) is 18.4. The number of amides is 4. The van der Waals surface area contributed by atoms with Crippen LogP contribution in [-0.4, -0.2) is 100 Å². The summed E-state index contributed by atoms with van der Waals surface area (Å²) in [7, 11) is 3.08. The second kappa shape index (κ2) is 18.8. The van der Waals surface area contributed by atoms with Crippen molar-refractivity contribution >= 4 is 35.8 Å². The molecule has 4 amide bonds. The Kier molecular flexibility index (Phi) is 16.5. The van der Waals surface area contributed by atoms with Gasteiger partial charge in [0.15, 0.2) is 0 Å². The molecule has 0 saturated heterocycles.